The molecule has 1 aliphatic heterocycles. The monoisotopic (exact) mass is 271 g/mol. The number of benzene rings is 1. The summed E-state index contributed by atoms with van der Waals surface area (Å²) >= 11 is 0. The third kappa shape index (κ3) is 1.88. The molecule has 1 aliphatic carbocycles. The fourth-order valence-electron chi connectivity index (χ4n) is 3.80. The van der Waals surface area contributed by atoms with E-state index in [1.165, 1.54) is 19.3 Å². The summed E-state index contributed by atoms with van der Waals surface area (Å²) in [6.07, 6.45) is 7.73. The van der Waals surface area contributed by atoms with E-state index in [1.807, 2.05) is 24.5 Å². The Bertz CT molecular complexity index is 614. The number of furan rings is 1. The first-order valence-corrected chi connectivity index (χ1v) is 7.63. The summed E-state index contributed by atoms with van der Waals surface area (Å²) in [5, 5.41) is 1.16. The van der Waals surface area contributed by atoms with Crippen LogP contribution in [0.5, 0.6) is 0 Å². The molecule has 0 radical (unpaired) electrons. The first-order valence-electron chi connectivity index (χ1n) is 7.63. The molecule has 1 spiro atoms. The molecule has 2 aromatic rings. The molecule has 2 N–H and O–H groups in total. The SMILES string of the molecule is NC(c1coc2ccccc12)C1CCOC2(CCC2)C1. The number of rotatable bonds is 2. The molecular formula is C17H21NO2. The van der Waals surface area contributed by atoms with Crippen LogP contribution in [0.3, 0.4) is 0 Å². The Morgan fingerprint density at radius 2 is 2.10 bits per heavy atom. The van der Waals surface area contributed by atoms with Gasteiger partial charge in [0.1, 0.15) is 5.58 Å². The van der Waals surface area contributed by atoms with Gasteiger partial charge in [-0.1, -0.05) is 18.2 Å². The molecule has 0 amide bonds. The van der Waals surface area contributed by atoms with Crippen molar-refractivity contribution in [3.05, 3.63) is 36.1 Å². The Hall–Kier alpha value is -1.32. The first-order chi connectivity index (χ1) is 9.77. The zero-order chi connectivity index (χ0) is 13.6. The van der Waals surface area contributed by atoms with E-state index in [2.05, 4.69) is 6.07 Å². The molecule has 1 aromatic heterocycles. The van der Waals surface area contributed by atoms with Crippen molar-refractivity contribution in [2.24, 2.45) is 11.7 Å². The van der Waals surface area contributed by atoms with Crippen LogP contribution in [0.15, 0.2) is 34.9 Å². The van der Waals surface area contributed by atoms with E-state index in [9.17, 15) is 0 Å². The molecule has 2 unspecified atom stereocenters. The summed E-state index contributed by atoms with van der Waals surface area (Å²) in [6, 6.07) is 8.21. The molecule has 2 aliphatic rings. The lowest BCUT2D eigenvalue weighted by Crippen LogP contribution is -2.47. The first kappa shape index (κ1) is 12.4. The van der Waals surface area contributed by atoms with Gasteiger partial charge in [0, 0.05) is 23.6 Å². The zero-order valence-electron chi connectivity index (χ0n) is 11.7. The summed E-state index contributed by atoms with van der Waals surface area (Å²) < 4.78 is 11.6. The topological polar surface area (TPSA) is 48.4 Å². The van der Waals surface area contributed by atoms with Crippen molar-refractivity contribution >= 4 is 11.0 Å². The standard InChI is InChI=1S/C17H21NO2/c18-16(12-6-9-20-17(10-12)7-3-8-17)14-11-19-15-5-2-1-4-13(14)15/h1-2,4-5,11-12,16H,3,6-10,18H2. The van der Waals surface area contributed by atoms with Crippen molar-refractivity contribution in [3.8, 4) is 0 Å². The fraction of sp³-hybridized carbons (Fsp3) is 0.529. The number of hydrogen-bond acceptors (Lipinski definition) is 3. The van der Waals surface area contributed by atoms with E-state index in [0.717, 1.165) is 36.0 Å². The van der Waals surface area contributed by atoms with Crippen molar-refractivity contribution in [1.29, 1.82) is 0 Å². The highest BCUT2D eigenvalue weighted by atomic mass is 16.5. The van der Waals surface area contributed by atoms with Crippen LogP contribution < -0.4 is 5.73 Å². The van der Waals surface area contributed by atoms with Crippen LogP contribution in [0.4, 0.5) is 0 Å². The molecule has 2 atom stereocenters. The highest BCUT2D eigenvalue weighted by Crippen LogP contribution is 2.47. The molecule has 2 fully saturated rings. The highest BCUT2D eigenvalue weighted by molar-refractivity contribution is 5.81. The summed E-state index contributed by atoms with van der Waals surface area (Å²) in [5.74, 6) is 0.505. The molecule has 106 valence electrons. The second-order valence-corrected chi connectivity index (χ2v) is 6.35. The molecule has 4 rings (SSSR count). The lowest BCUT2D eigenvalue weighted by molar-refractivity contribution is -0.146. The van der Waals surface area contributed by atoms with Gasteiger partial charge in [-0.05, 0) is 44.1 Å². The van der Waals surface area contributed by atoms with Gasteiger partial charge in [-0.25, -0.2) is 0 Å². The second kappa shape index (κ2) is 4.61. The van der Waals surface area contributed by atoms with Crippen molar-refractivity contribution in [1.82, 2.24) is 0 Å². The molecule has 1 saturated carbocycles. The maximum Gasteiger partial charge on any atom is 0.134 e. The molecule has 20 heavy (non-hydrogen) atoms. The smallest absolute Gasteiger partial charge is 0.134 e. The Morgan fingerprint density at radius 1 is 1.25 bits per heavy atom. The third-order valence-electron chi connectivity index (χ3n) is 5.17. The molecule has 1 saturated heterocycles. The van der Waals surface area contributed by atoms with E-state index in [-0.39, 0.29) is 11.6 Å². The summed E-state index contributed by atoms with van der Waals surface area (Å²) in [6.45, 7) is 0.855. The van der Waals surface area contributed by atoms with Crippen LogP contribution in [-0.2, 0) is 4.74 Å². The molecule has 3 heteroatoms. The van der Waals surface area contributed by atoms with Gasteiger partial charge in [-0.3, -0.25) is 0 Å². The van der Waals surface area contributed by atoms with Crippen LogP contribution in [0.2, 0.25) is 0 Å². The van der Waals surface area contributed by atoms with Gasteiger partial charge in [0.15, 0.2) is 0 Å². The molecular weight excluding hydrogens is 250 g/mol. The van der Waals surface area contributed by atoms with Gasteiger partial charge in [0.2, 0.25) is 0 Å². The Morgan fingerprint density at radius 3 is 2.90 bits per heavy atom. The Balaban J connectivity index is 1.61. The maximum atomic E-state index is 6.56. The van der Waals surface area contributed by atoms with Crippen molar-refractivity contribution in [2.45, 2.75) is 43.7 Å². The third-order valence-corrected chi connectivity index (χ3v) is 5.17. The number of para-hydroxylation sites is 1. The second-order valence-electron chi connectivity index (χ2n) is 6.35. The minimum Gasteiger partial charge on any atom is -0.464 e. The molecule has 1 aromatic carbocycles. The van der Waals surface area contributed by atoms with Crippen molar-refractivity contribution in [2.75, 3.05) is 6.61 Å². The van der Waals surface area contributed by atoms with Gasteiger partial charge in [0.25, 0.3) is 0 Å². The average molecular weight is 271 g/mol. The number of fused-ring (bicyclic) bond motifs is 1. The maximum absolute atomic E-state index is 6.56. The van der Waals surface area contributed by atoms with Crippen LogP contribution in [0.25, 0.3) is 11.0 Å². The van der Waals surface area contributed by atoms with Crippen LogP contribution >= 0.6 is 0 Å². The number of nitrogens with two attached hydrogens (primary N) is 1. The van der Waals surface area contributed by atoms with E-state index >= 15 is 0 Å². The van der Waals surface area contributed by atoms with Crippen LogP contribution in [0.1, 0.15) is 43.7 Å². The molecule has 2 heterocycles. The quantitative estimate of drug-likeness (QED) is 0.904. The Labute approximate surface area is 119 Å². The lowest BCUT2D eigenvalue weighted by atomic mass is 9.70. The summed E-state index contributed by atoms with van der Waals surface area (Å²) in [4.78, 5) is 0. The van der Waals surface area contributed by atoms with Crippen molar-refractivity contribution in [3.63, 3.8) is 0 Å². The average Bonchev–Trinajstić information content (AvgIpc) is 2.89. The Kier molecular flexibility index (Phi) is 2.86. The zero-order valence-corrected chi connectivity index (χ0v) is 11.7. The van der Waals surface area contributed by atoms with Crippen LogP contribution in [-0.4, -0.2) is 12.2 Å². The van der Waals surface area contributed by atoms with Crippen LogP contribution in [0, 0.1) is 5.92 Å². The minimum absolute atomic E-state index is 0.0556. The molecule has 0 bridgehead atoms. The summed E-state index contributed by atoms with van der Waals surface area (Å²) in [7, 11) is 0. The van der Waals surface area contributed by atoms with Gasteiger partial charge in [-0.15, -0.1) is 0 Å². The molecule has 3 nitrogen and oxygen atoms in total. The predicted octanol–water partition coefficient (Wildman–Crippen LogP) is 3.78. The largest absolute Gasteiger partial charge is 0.464 e. The van der Waals surface area contributed by atoms with Gasteiger partial charge >= 0.3 is 0 Å². The van der Waals surface area contributed by atoms with Crippen molar-refractivity contribution < 1.29 is 9.15 Å². The van der Waals surface area contributed by atoms with Gasteiger partial charge < -0.3 is 14.9 Å². The van der Waals surface area contributed by atoms with E-state index in [1.54, 1.807) is 0 Å². The number of hydrogen-bond donors (Lipinski definition) is 1. The van der Waals surface area contributed by atoms with E-state index in [4.69, 9.17) is 14.9 Å². The van der Waals surface area contributed by atoms with Gasteiger partial charge in [-0.2, -0.15) is 0 Å². The fourth-order valence-corrected chi connectivity index (χ4v) is 3.80. The summed E-state index contributed by atoms with van der Waals surface area (Å²) in [5.41, 5.74) is 8.81. The number of ether oxygens (including phenoxy) is 1. The highest BCUT2D eigenvalue weighted by Gasteiger charge is 2.44. The predicted molar refractivity (Wildman–Crippen MR) is 78.4 cm³/mol. The normalized spacial score (nSPS) is 26.6. The van der Waals surface area contributed by atoms with E-state index in [0.29, 0.717) is 5.92 Å². The minimum atomic E-state index is 0.0556. The van der Waals surface area contributed by atoms with E-state index < -0.39 is 0 Å². The lowest BCUT2D eigenvalue weighted by Gasteiger charge is -2.48. The van der Waals surface area contributed by atoms with Gasteiger partial charge in [0.05, 0.1) is 11.9 Å².